The van der Waals surface area contributed by atoms with Gasteiger partial charge in [-0.25, -0.2) is 0 Å². The smallest absolute Gasteiger partial charge is 0.263 e. The van der Waals surface area contributed by atoms with Crippen LogP contribution in [0.5, 0.6) is 0 Å². The summed E-state index contributed by atoms with van der Waals surface area (Å²) in [5.41, 5.74) is 1.91. The predicted molar refractivity (Wildman–Crippen MR) is 106 cm³/mol. The number of nitrogens with one attached hydrogen (secondary N) is 1. The third-order valence-corrected chi connectivity index (χ3v) is 5.74. The Morgan fingerprint density at radius 1 is 1.08 bits per heavy atom. The lowest BCUT2D eigenvalue weighted by Gasteiger charge is -2.27. The first kappa shape index (κ1) is 18.6. The van der Waals surface area contributed by atoms with E-state index in [9.17, 15) is 9.59 Å². The summed E-state index contributed by atoms with van der Waals surface area (Å²) in [5.74, 6) is 0.0937. The summed E-state index contributed by atoms with van der Waals surface area (Å²) in [7, 11) is 0. The fourth-order valence-electron chi connectivity index (χ4n) is 3.20. The Kier molecular flexibility index (Phi) is 6.06. The number of carbonyl (C=O) groups is 2. The number of carbonyl (C=O) groups excluding carboxylic acids is 2. The summed E-state index contributed by atoms with van der Waals surface area (Å²) < 4.78 is 0. The Hall–Kier alpha value is -2.18. The van der Waals surface area contributed by atoms with Crippen LogP contribution in [-0.2, 0) is 4.79 Å². The van der Waals surface area contributed by atoms with Gasteiger partial charge in [-0.2, -0.15) is 0 Å². The van der Waals surface area contributed by atoms with Gasteiger partial charge in [-0.3, -0.25) is 14.5 Å². The number of thiophene rings is 1. The summed E-state index contributed by atoms with van der Waals surface area (Å²) in [4.78, 5) is 30.0. The van der Waals surface area contributed by atoms with Crippen molar-refractivity contribution in [1.82, 2.24) is 9.80 Å². The van der Waals surface area contributed by atoms with Gasteiger partial charge in [0.15, 0.2) is 0 Å². The molecule has 0 radical (unpaired) electrons. The van der Waals surface area contributed by atoms with E-state index in [1.54, 1.807) is 0 Å². The maximum absolute atomic E-state index is 12.6. The van der Waals surface area contributed by atoms with E-state index in [1.165, 1.54) is 11.3 Å². The number of rotatable bonds is 4. The van der Waals surface area contributed by atoms with Crippen LogP contribution in [0.1, 0.15) is 28.6 Å². The van der Waals surface area contributed by atoms with Gasteiger partial charge in [-0.1, -0.05) is 24.3 Å². The number of nitrogens with zero attached hydrogens (tertiary/aromatic N) is 2. The van der Waals surface area contributed by atoms with E-state index in [2.05, 4.69) is 10.2 Å². The molecular formula is C20H25N3O2S. The first-order valence-corrected chi connectivity index (χ1v) is 9.87. The average molecular weight is 372 g/mol. The number of para-hydroxylation sites is 1. The highest BCUT2D eigenvalue weighted by molar-refractivity contribution is 7.12. The number of aryl methyl sites for hydroxylation is 1. The molecule has 3 rings (SSSR count). The normalized spacial score (nSPS) is 16.8. The summed E-state index contributed by atoms with van der Waals surface area (Å²) in [6, 6.07) is 11.3. The summed E-state index contributed by atoms with van der Waals surface area (Å²) in [6.45, 7) is 6.83. The van der Waals surface area contributed by atoms with E-state index in [1.807, 2.05) is 60.5 Å². The molecule has 2 heterocycles. The summed E-state index contributed by atoms with van der Waals surface area (Å²) in [6.07, 6.45) is 0.874. The molecule has 1 aromatic heterocycles. The van der Waals surface area contributed by atoms with Crippen LogP contribution >= 0.6 is 11.3 Å². The van der Waals surface area contributed by atoms with Gasteiger partial charge in [-0.15, -0.1) is 11.3 Å². The molecule has 26 heavy (non-hydrogen) atoms. The van der Waals surface area contributed by atoms with Crippen molar-refractivity contribution in [3.05, 3.63) is 52.2 Å². The molecule has 2 amide bonds. The van der Waals surface area contributed by atoms with Crippen molar-refractivity contribution in [2.24, 2.45) is 0 Å². The molecule has 2 aromatic rings. The van der Waals surface area contributed by atoms with E-state index in [-0.39, 0.29) is 17.9 Å². The second kappa shape index (κ2) is 8.47. The third kappa shape index (κ3) is 4.31. The van der Waals surface area contributed by atoms with Crippen molar-refractivity contribution in [3.8, 4) is 0 Å². The molecule has 1 N–H and O–H groups in total. The van der Waals surface area contributed by atoms with Crippen LogP contribution in [0, 0.1) is 6.92 Å². The topological polar surface area (TPSA) is 52.7 Å². The van der Waals surface area contributed by atoms with Gasteiger partial charge < -0.3 is 10.2 Å². The molecular weight excluding hydrogens is 346 g/mol. The third-order valence-electron chi connectivity index (χ3n) is 4.88. The summed E-state index contributed by atoms with van der Waals surface area (Å²) in [5, 5.41) is 4.95. The first-order valence-electron chi connectivity index (χ1n) is 8.99. The van der Waals surface area contributed by atoms with Crippen molar-refractivity contribution in [2.45, 2.75) is 26.3 Å². The summed E-state index contributed by atoms with van der Waals surface area (Å²) >= 11 is 1.48. The second-order valence-corrected chi connectivity index (χ2v) is 7.59. The highest BCUT2D eigenvalue weighted by Crippen LogP contribution is 2.17. The SMILES string of the molecule is Cc1ccccc1NC(=O)C(C)N1CCCN(C(=O)c2cccs2)CC1. The lowest BCUT2D eigenvalue weighted by molar-refractivity contribution is -0.120. The fraction of sp³-hybridized carbons (Fsp3) is 0.400. The Morgan fingerprint density at radius 3 is 2.62 bits per heavy atom. The quantitative estimate of drug-likeness (QED) is 0.898. The molecule has 1 fully saturated rings. The van der Waals surface area contributed by atoms with E-state index in [0.717, 1.165) is 35.6 Å². The minimum Gasteiger partial charge on any atom is -0.337 e. The zero-order valence-corrected chi connectivity index (χ0v) is 16.1. The largest absolute Gasteiger partial charge is 0.337 e. The highest BCUT2D eigenvalue weighted by atomic mass is 32.1. The number of hydrogen-bond acceptors (Lipinski definition) is 4. The van der Waals surface area contributed by atoms with Crippen molar-refractivity contribution < 1.29 is 9.59 Å². The van der Waals surface area contributed by atoms with Gasteiger partial charge in [0.2, 0.25) is 5.91 Å². The maximum atomic E-state index is 12.6. The van der Waals surface area contributed by atoms with Gasteiger partial charge in [0, 0.05) is 31.9 Å². The molecule has 0 saturated carbocycles. The van der Waals surface area contributed by atoms with Crippen LogP contribution in [-0.4, -0.2) is 53.8 Å². The molecule has 1 aliphatic rings. The average Bonchev–Trinajstić information content (AvgIpc) is 3.07. The monoisotopic (exact) mass is 371 g/mol. The molecule has 138 valence electrons. The Bertz CT molecular complexity index is 760. The minimum absolute atomic E-state index is 0.00247. The Balaban J connectivity index is 1.58. The van der Waals surface area contributed by atoms with Gasteiger partial charge >= 0.3 is 0 Å². The number of anilines is 1. The minimum atomic E-state index is -0.230. The van der Waals surface area contributed by atoms with Gasteiger partial charge in [0.1, 0.15) is 0 Å². The van der Waals surface area contributed by atoms with Crippen LogP contribution in [0.4, 0.5) is 5.69 Å². The van der Waals surface area contributed by atoms with Gasteiger partial charge in [0.05, 0.1) is 10.9 Å². The van der Waals surface area contributed by atoms with E-state index in [4.69, 9.17) is 0 Å². The molecule has 1 aromatic carbocycles. The number of benzene rings is 1. The molecule has 1 aliphatic heterocycles. The predicted octanol–water partition coefficient (Wildman–Crippen LogP) is 3.23. The molecule has 5 nitrogen and oxygen atoms in total. The number of amides is 2. The number of hydrogen-bond donors (Lipinski definition) is 1. The van der Waals surface area contributed by atoms with Crippen molar-refractivity contribution in [1.29, 1.82) is 0 Å². The van der Waals surface area contributed by atoms with Crippen molar-refractivity contribution >= 4 is 28.8 Å². The maximum Gasteiger partial charge on any atom is 0.263 e. The van der Waals surface area contributed by atoms with Gasteiger partial charge in [-0.05, 0) is 43.3 Å². The molecule has 6 heteroatoms. The molecule has 1 saturated heterocycles. The fourth-order valence-corrected chi connectivity index (χ4v) is 3.89. The van der Waals surface area contributed by atoms with E-state index >= 15 is 0 Å². The zero-order valence-electron chi connectivity index (χ0n) is 15.3. The van der Waals surface area contributed by atoms with Gasteiger partial charge in [0.25, 0.3) is 5.91 Å². The second-order valence-electron chi connectivity index (χ2n) is 6.64. The standard InChI is InChI=1S/C20H25N3O2S/c1-15-7-3-4-8-17(15)21-19(24)16(2)22-10-6-11-23(13-12-22)20(25)18-9-5-14-26-18/h3-5,7-9,14,16H,6,10-13H2,1-2H3,(H,21,24). The molecule has 0 aliphatic carbocycles. The molecule has 0 spiro atoms. The highest BCUT2D eigenvalue weighted by Gasteiger charge is 2.26. The zero-order chi connectivity index (χ0) is 18.5. The van der Waals surface area contributed by atoms with Crippen LogP contribution in [0.3, 0.4) is 0 Å². The van der Waals surface area contributed by atoms with Crippen molar-refractivity contribution in [3.63, 3.8) is 0 Å². The van der Waals surface area contributed by atoms with Crippen molar-refractivity contribution in [2.75, 3.05) is 31.5 Å². The first-order chi connectivity index (χ1) is 12.6. The van der Waals surface area contributed by atoms with Crippen LogP contribution in [0.25, 0.3) is 0 Å². The molecule has 1 atom stereocenters. The molecule has 0 bridgehead atoms. The Labute approximate surface area is 158 Å². The lowest BCUT2D eigenvalue weighted by Crippen LogP contribution is -2.44. The van der Waals surface area contributed by atoms with E-state index < -0.39 is 0 Å². The van der Waals surface area contributed by atoms with Crippen LogP contribution < -0.4 is 5.32 Å². The van der Waals surface area contributed by atoms with Crippen LogP contribution in [0.15, 0.2) is 41.8 Å². The van der Waals surface area contributed by atoms with E-state index in [0.29, 0.717) is 13.1 Å². The lowest BCUT2D eigenvalue weighted by atomic mass is 10.2. The molecule has 1 unspecified atom stereocenters. The van der Waals surface area contributed by atoms with Crippen LogP contribution in [0.2, 0.25) is 0 Å². The Morgan fingerprint density at radius 2 is 1.88 bits per heavy atom.